The summed E-state index contributed by atoms with van der Waals surface area (Å²) in [6.07, 6.45) is 3.12. The van der Waals surface area contributed by atoms with Crippen LogP contribution < -0.4 is 0 Å². The number of fused-ring (bicyclic) bond motifs is 4. The molecule has 1 spiro atoms. The molecule has 0 bridgehead atoms. The van der Waals surface area contributed by atoms with E-state index in [9.17, 15) is 24.6 Å². The summed E-state index contributed by atoms with van der Waals surface area (Å²) in [6, 6.07) is 0. The Kier molecular flexibility index (Phi) is 6.80. The lowest BCUT2D eigenvalue weighted by Crippen LogP contribution is -2.68. The molecule has 40 heavy (non-hydrogen) atoms. The van der Waals surface area contributed by atoms with E-state index >= 15 is 0 Å². The van der Waals surface area contributed by atoms with Gasteiger partial charge in [-0.2, -0.15) is 0 Å². The van der Waals surface area contributed by atoms with Crippen molar-refractivity contribution in [2.75, 3.05) is 20.3 Å². The highest BCUT2D eigenvalue weighted by molar-refractivity contribution is 5.90. The minimum atomic E-state index is -0.879. The number of Topliss-reactive ketones (excluding diaryl/α,β-unsaturated/α-hetero) is 1. The van der Waals surface area contributed by atoms with Crippen molar-refractivity contribution in [1.29, 1.82) is 0 Å². The van der Waals surface area contributed by atoms with Gasteiger partial charge in [-0.1, -0.05) is 12.5 Å². The van der Waals surface area contributed by atoms with E-state index in [1.807, 2.05) is 13.8 Å². The monoisotopic (exact) mass is 560 g/mol. The van der Waals surface area contributed by atoms with E-state index in [0.29, 0.717) is 18.6 Å². The zero-order chi connectivity index (χ0) is 28.8. The van der Waals surface area contributed by atoms with Crippen LogP contribution in [0.3, 0.4) is 0 Å². The van der Waals surface area contributed by atoms with Gasteiger partial charge in [-0.15, -0.1) is 0 Å². The zero-order valence-corrected chi connectivity index (χ0v) is 24.3. The molecule has 1 saturated heterocycles. The third kappa shape index (κ3) is 3.62. The fraction of sp³-hybridized carbons (Fsp3) is 0.839. The number of ketones is 1. The summed E-state index contributed by atoms with van der Waals surface area (Å²) < 4.78 is 23.5. The van der Waals surface area contributed by atoms with Crippen LogP contribution in [-0.2, 0) is 33.3 Å². The summed E-state index contributed by atoms with van der Waals surface area (Å²) in [5, 5.41) is 21.0. The first-order chi connectivity index (χ1) is 19.0. The van der Waals surface area contributed by atoms with Gasteiger partial charge in [-0.25, -0.2) is 4.79 Å². The molecular formula is C31H44O9. The molecule has 4 saturated carbocycles. The minimum absolute atomic E-state index is 0.0345. The van der Waals surface area contributed by atoms with Crippen molar-refractivity contribution in [3.8, 4) is 0 Å². The molecule has 0 aromatic rings. The van der Waals surface area contributed by atoms with Gasteiger partial charge in [0.05, 0.1) is 36.4 Å². The van der Waals surface area contributed by atoms with E-state index in [1.54, 1.807) is 7.11 Å². The number of hydrogen-bond donors (Lipinski definition) is 2. The van der Waals surface area contributed by atoms with Gasteiger partial charge in [-0.3, -0.25) is 9.59 Å². The van der Waals surface area contributed by atoms with Crippen molar-refractivity contribution >= 4 is 17.7 Å². The molecule has 0 radical (unpaired) electrons. The first-order valence-corrected chi connectivity index (χ1v) is 15.0. The van der Waals surface area contributed by atoms with Gasteiger partial charge in [-0.05, 0) is 75.5 Å². The molecule has 9 nitrogen and oxygen atoms in total. The van der Waals surface area contributed by atoms with Gasteiger partial charge in [0.1, 0.15) is 23.6 Å². The lowest BCUT2D eigenvalue weighted by atomic mass is 9.43. The number of methoxy groups -OCH3 is 1. The summed E-state index contributed by atoms with van der Waals surface area (Å²) >= 11 is 0. The molecule has 2 heterocycles. The Balaban J connectivity index is 1.32. The number of esters is 2. The lowest BCUT2D eigenvalue weighted by molar-refractivity contribution is -0.188. The topological polar surface area (TPSA) is 132 Å². The molecular weight excluding hydrogens is 516 g/mol. The molecule has 2 N–H and O–H groups in total. The fourth-order valence-electron chi connectivity index (χ4n) is 10.5. The maximum atomic E-state index is 13.8. The third-order valence-corrected chi connectivity index (χ3v) is 12.5. The standard InChI is InChI=1S/C31H44O9/c1-15-10-23(39-28(36)19(15)13-32)16(2)20-6-7-22-18-11-26-31(40-26)27(35)24(37-5)12-25(34)29(31,4)21(18)8-9-30(20,22)14-38-17(3)33/h16,18,20-24,26-27,32,35H,6-14H2,1-5H3/t16-,18+,20+,21-,22-,23+,24+,26+,27-,29-,30-,31-/m0/s1. The molecule has 0 aromatic carbocycles. The van der Waals surface area contributed by atoms with Gasteiger partial charge in [0.2, 0.25) is 0 Å². The number of aliphatic hydroxyl groups excluding tert-OH is 2. The minimum Gasteiger partial charge on any atom is -0.465 e. The van der Waals surface area contributed by atoms with Crippen LogP contribution in [0.2, 0.25) is 0 Å². The predicted octanol–water partition coefficient (Wildman–Crippen LogP) is 2.75. The Morgan fingerprint density at radius 3 is 2.58 bits per heavy atom. The molecule has 12 atom stereocenters. The van der Waals surface area contributed by atoms with Crippen LogP contribution >= 0.6 is 0 Å². The van der Waals surface area contributed by atoms with E-state index in [4.69, 9.17) is 18.9 Å². The van der Waals surface area contributed by atoms with Crippen LogP contribution in [0.25, 0.3) is 0 Å². The second kappa shape index (κ2) is 9.61. The molecule has 9 heteroatoms. The number of carbonyl (C=O) groups is 3. The summed E-state index contributed by atoms with van der Waals surface area (Å²) in [5.41, 5.74) is -0.733. The molecule has 0 amide bonds. The normalized spacial score (nSPS) is 48.4. The van der Waals surface area contributed by atoms with E-state index < -0.39 is 29.2 Å². The second-order valence-corrected chi connectivity index (χ2v) is 13.7. The third-order valence-electron chi connectivity index (χ3n) is 12.5. The molecule has 4 aliphatic carbocycles. The highest BCUT2D eigenvalue weighted by Gasteiger charge is 2.82. The number of rotatable bonds is 6. The fourth-order valence-corrected chi connectivity index (χ4v) is 10.5. The molecule has 2 aliphatic heterocycles. The first kappa shape index (κ1) is 28.3. The molecule has 0 unspecified atom stereocenters. The zero-order valence-electron chi connectivity index (χ0n) is 24.3. The number of aliphatic hydroxyl groups is 2. The average molecular weight is 561 g/mol. The highest BCUT2D eigenvalue weighted by Crippen LogP contribution is 2.74. The SMILES string of the molecule is CO[C@@H]1CC(=O)[C@]2(C)[C@H]3CC[C@]4(COC(C)=O)[C@@H]([C@H](C)[C@H]5CC(C)=C(CO)C(=O)O5)CC[C@H]4[C@@H]3C[C@H]3O[C@]32[C@H]1O. The first-order valence-electron chi connectivity index (χ1n) is 15.0. The van der Waals surface area contributed by atoms with Crippen LogP contribution in [0.1, 0.15) is 72.6 Å². The van der Waals surface area contributed by atoms with Gasteiger partial charge < -0.3 is 29.2 Å². The Labute approximate surface area is 235 Å². The quantitative estimate of drug-likeness (QED) is 0.372. The van der Waals surface area contributed by atoms with Crippen LogP contribution in [0.4, 0.5) is 0 Å². The second-order valence-electron chi connectivity index (χ2n) is 13.7. The summed E-state index contributed by atoms with van der Waals surface area (Å²) in [5.74, 6) is 0.0808. The van der Waals surface area contributed by atoms with E-state index in [1.165, 1.54) is 6.92 Å². The van der Waals surface area contributed by atoms with Crippen molar-refractivity contribution in [3.05, 3.63) is 11.1 Å². The van der Waals surface area contributed by atoms with Gasteiger partial charge in [0.15, 0.2) is 0 Å². The van der Waals surface area contributed by atoms with Crippen LogP contribution in [-0.4, -0.2) is 78.3 Å². The van der Waals surface area contributed by atoms with Crippen molar-refractivity contribution in [2.45, 2.75) is 103 Å². The van der Waals surface area contributed by atoms with Gasteiger partial charge in [0.25, 0.3) is 0 Å². The van der Waals surface area contributed by atoms with Crippen molar-refractivity contribution in [3.63, 3.8) is 0 Å². The molecule has 0 aromatic heterocycles. The average Bonchev–Trinajstić information content (AvgIpc) is 3.53. The maximum Gasteiger partial charge on any atom is 0.336 e. The van der Waals surface area contributed by atoms with Crippen molar-refractivity contribution < 1.29 is 43.5 Å². The molecule has 6 aliphatic rings. The van der Waals surface area contributed by atoms with E-state index in [2.05, 4.69) is 6.92 Å². The Bertz CT molecular complexity index is 1130. The Morgan fingerprint density at radius 2 is 1.93 bits per heavy atom. The van der Waals surface area contributed by atoms with E-state index in [0.717, 1.165) is 37.7 Å². The van der Waals surface area contributed by atoms with Crippen LogP contribution in [0, 0.1) is 40.4 Å². The number of ether oxygens (including phenoxy) is 4. The van der Waals surface area contributed by atoms with Crippen molar-refractivity contribution in [1.82, 2.24) is 0 Å². The van der Waals surface area contributed by atoms with Gasteiger partial charge >= 0.3 is 11.9 Å². The number of hydrogen-bond acceptors (Lipinski definition) is 9. The number of cyclic esters (lactones) is 1. The molecule has 6 rings (SSSR count). The summed E-state index contributed by atoms with van der Waals surface area (Å²) in [6.45, 7) is 7.49. The van der Waals surface area contributed by atoms with Gasteiger partial charge in [0, 0.05) is 32.3 Å². The molecule has 5 fully saturated rings. The predicted molar refractivity (Wildman–Crippen MR) is 142 cm³/mol. The Morgan fingerprint density at radius 1 is 1.18 bits per heavy atom. The summed E-state index contributed by atoms with van der Waals surface area (Å²) in [7, 11) is 1.54. The lowest BCUT2D eigenvalue weighted by Gasteiger charge is -2.60. The molecule has 222 valence electrons. The van der Waals surface area contributed by atoms with Crippen LogP contribution in [0.15, 0.2) is 11.1 Å². The number of carbonyl (C=O) groups excluding carboxylic acids is 3. The smallest absolute Gasteiger partial charge is 0.336 e. The number of epoxide rings is 1. The largest absolute Gasteiger partial charge is 0.465 e. The van der Waals surface area contributed by atoms with E-state index in [-0.39, 0.29) is 72.0 Å². The van der Waals surface area contributed by atoms with Crippen molar-refractivity contribution in [2.24, 2.45) is 40.4 Å². The van der Waals surface area contributed by atoms with Crippen LogP contribution in [0.5, 0.6) is 0 Å². The summed E-state index contributed by atoms with van der Waals surface area (Å²) in [4.78, 5) is 38.6. The highest BCUT2D eigenvalue weighted by atomic mass is 16.6. The Hall–Kier alpha value is -1.81. The maximum absolute atomic E-state index is 13.8.